The molecule has 0 fully saturated rings. The van der Waals surface area contributed by atoms with Crippen molar-refractivity contribution in [3.8, 4) is 0 Å². The Morgan fingerprint density at radius 3 is 2.65 bits per heavy atom. The quantitative estimate of drug-likeness (QED) is 0.561. The Labute approximate surface area is 102 Å². The first kappa shape index (κ1) is 13.5. The van der Waals surface area contributed by atoms with Crippen molar-refractivity contribution in [3.05, 3.63) is 47.5 Å². The number of carboxylic acids is 1. The Balaban J connectivity index is 2.23. The van der Waals surface area contributed by atoms with Crippen molar-refractivity contribution in [2.75, 3.05) is 13.1 Å². The van der Waals surface area contributed by atoms with E-state index < -0.39 is 5.97 Å². The van der Waals surface area contributed by atoms with E-state index in [9.17, 15) is 4.79 Å². The Kier molecular flexibility index (Phi) is 6.04. The summed E-state index contributed by atoms with van der Waals surface area (Å²) < 4.78 is 0. The van der Waals surface area contributed by atoms with Crippen LogP contribution in [0.5, 0.6) is 0 Å². The Morgan fingerprint density at radius 2 is 2.06 bits per heavy atom. The lowest BCUT2D eigenvalue weighted by Crippen LogP contribution is -2.18. The zero-order valence-electron chi connectivity index (χ0n) is 10.1. The third kappa shape index (κ3) is 5.31. The molecular weight excluding hydrogens is 214 g/mol. The molecule has 0 aliphatic rings. The predicted molar refractivity (Wildman–Crippen MR) is 69.0 cm³/mol. The lowest BCUT2D eigenvalue weighted by Gasteiger charge is -2.03. The standard InChI is InChI=1S/C14H19NO2/c1-2-13(14(16)17)9-11-15-10-8-12-6-4-3-5-7-12/h3-7,9,15H,2,8,10-11H2,1H3,(H,16,17)/b13-9-. The molecular formula is C14H19NO2. The van der Waals surface area contributed by atoms with Crippen molar-refractivity contribution in [2.45, 2.75) is 19.8 Å². The Bertz CT molecular complexity index is 371. The van der Waals surface area contributed by atoms with E-state index in [1.807, 2.05) is 25.1 Å². The van der Waals surface area contributed by atoms with Crippen LogP contribution in [0.1, 0.15) is 18.9 Å². The average Bonchev–Trinajstić information content (AvgIpc) is 2.34. The molecule has 1 aromatic rings. The fraction of sp³-hybridized carbons (Fsp3) is 0.357. The highest BCUT2D eigenvalue weighted by Crippen LogP contribution is 2.00. The first-order valence-electron chi connectivity index (χ1n) is 5.91. The second-order valence-electron chi connectivity index (χ2n) is 3.83. The summed E-state index contributed by atoms with van der Waals surface area (Å²) >= 11 is 0. The van der Waals surface area contributed by atoms with Gasteiger partial charge in [0.05, 0.1) is 0 Å². The van der Waals surface area contributed by atoms with Gasteiger partial charge in [-0.15, -0.1) is 0 Å². The predicted octanol–water partition coefficient (Wildman–Crippen LogP) is 2.24. The van der Waals surface area contributed by atoms with Crippen molar-refractivity contribution in [1.29, 1.82) is 0 Å². The molecule has 0 saturated carbocycles. The van der Waals surface area contributed by atoms with E-state index in [1.165, 1.54) is 5.56 Å². The van der Waals surface area contributed by atoms with Crippen LogP contribution in [-0.2, 0) is 11.2 Å². The highest BCUT2D eigenvalue weighted by molar-refractivity contribution is 5.86. The Hall–Kier alpha value is -1.61. The summed E-state index contributed by atoms with van der Waals surface area (Å²) in [6.45, 7) is 3.32. The molecule has 2 N–H and O–H groups in total. The first-order chi connectivity index (χ1) is 8.24. The van der Waals surface area contributed by atoms with Crippen LogP contribution in [0.3, 0.4) is 0 Å². The number of hydrogen-bond donors (Lipinski definition) is 2. The fourth-order valence-electron chi connectivity index (χ4n) is 1.56. The number of carbonyl (C=O) groups is 1. The van der Waals surface area contributed by atoms with Gasteiger partial charge in [-0.25, -0.2) is 4.79 Å². The van der Waals surface area contributed by atoms with Crippen molar-refractivity contribution in [1.82, 2.24) is 5.32 Å². The van der Waals surface area contributed by atoms with E-state index in [4.69, 9.17) is 5.11 Å². The Morgan fingerprint density at radius 1 is 1.35 bits per heavy atom. The maximum Gasteiger partial charge on any atom is 0.331 e. The van der Waals surface area contributed by atoms with Gasteiger partial charge in [0.15, 0.2) is 0 Å². The van der Waals surface area contributed by atoms with E-state index in [0.717, 1.165) is 13.0 Å². The lowest BCUT2D eigenvalue weighted by atomic mass is 10.1. The number of hydrogen-bond acceptors (Lipinski definition) is 2. The summed E-state index contributed by atoms with van der Waals surface area (Å²) in [5.74, 6) is -0.822. The highest BCUT2D eigenvalue weighted by atomic mass is 16.4. The molecule has 1 rings (SSSR count). The summed E-state index contributed by atoms with van der Waals surface area (Å²) in [6.07, 6.45) is 3.27. The van der Waals surface area contributed by atoms with E-state index in [0.29, 0.717) is 18.5 Å². The second kappa shape index (κ2) is 7.63. The highest BCUT2D eigenvalue weighted by Gasteiger charge is 2.02. The molecule has 1 aromatic carbocycles. The number of benzene rings is 1. The molecule has 0 spiro atoms. The lowest BCUT2D eigenvalue weighted by molar-refractivity contribution is -0.132. The van der Waals surface area contributed by atoms with Crippen LogP contribution in [-0.4, -0.2) is 24.2 Å². The van der Waals surface area contributed by atoms with Gasteiger partial charge in [0, 0.05) is 12.1 Å². The first-order valence-corrected chi connectivity index (χ1v) is 5.91. The minimum Gasteiger partial charge on any atom is -0.478 e. The van der Waals surface area contributed by atoms with Gasteiger partial charge in [-0.3, -0.25) is 0 Å². The van der Waals surface area contributed by atoms with Crippen LogP contribution >= 0.6 is 0 Å². The van der Waals surface area contributed by atoms with Gasteiger partial charge >= 0.3 is 5.97 Å². The molecule has 0 aliphatic heterocycles. The molecule has 92 valence electrons. The SMILES string of the molecule is CC/C(=C/CNCCc1ccccc1)C(=O)O. The zero-order valence-corrected chi connectivity index (χ0v) is 10.1. The third-order valence-electron chi connectivity index (χ3n) is 2.58. The van der Waals surface area contributed by atoms with Gasteiger partial charge < -0.3 is 10.4 Å². The molecule has 3 nitrogen and oxygen atoms in total. The minimum atomic E-state index is -0.822. The molecule has 0 aromatic heterocycles. The second-order valence-corrected chi connectivity index (χ2v) is 3.83. The van der Waals surface area contributed by atoms with Crippen molar-refractivity contribution < 1.29 is 9.90 Å². The zero-order chi connectivity index (χ0) is 12.5. The van der Waals surface area contributed by atoms with Gasteiger partial charge in [-0.1, -0.05) is 43.3 Å². The van der Waals surface area contributed by atoms with E-state index >= 15 is 0 Å². The van der Waals surface area contributed by atoms with Gasteiger partial charge in [0.2, 0.25) is 0 Å². The van der Waals surface area contributed by atoms with Crippen LogP contribution in [0.15, 0.2) is 42.0 Å². The molecule has 0 bridgehead atoms. The maximum atomic E-state index is 10.7. The van der Waals surface area contributed by atoms with Crippen LogP contribution in [0.2, 0.25) is 0 Å². The van der Waals surface area contributed by atoms with Crippen LogP contribution in [0.4, 0.5) is 0 Å². The van der Waals surface area contributed by atoms with Crippen molar-refractivity contribution >= 4 is 5.97 Å². The molecule has 0 unspecified atom stereocenters. The van der Waals surface area contributed by atoms with Gasteiger partial charge in [-0.2, -0.15) is 0 Å². The van der Waals surface area contributed by atoms with Crippen LogP contribution in [0.25, 0.3) is 0 Å². The van der Waals surface area contributed by atoms with Gasteiger partial charge in [-0.05, 0) is 24.9 Å². The molecule has 0 amide bonds. The number of carboxylic acid groups (broad SMARTS) is 1. The molecule has 0 heterocycles. The maximum absolute atomic E-state index is 10.7. The fourth-order valence-corrected chi connectivity index (χ4v) is 1.56. The summed E-state index contributed by atoms with van der Waals surface area (Å²) in [5.41, 5.74) is 1.76. The molecule has 3 heteroatoms. The smallest absolute Gasteiger partial charge is 0.331 e. The van der Waals surface area contributed by atoms with Crippen LogP contribution in [0, 0.1) is 0 Å². The summed E-state index contributed by atoms with van der Waals surface area (Å²) in [5, 5.41) is 12.0. The minimum absolute atomic E-state index is 0.470. The summed E-state index contributed by atoms with van der Waals surface area (Å²) in [6, 6.07) is 10.2. The normalized spacial score (nSPS) is 11.5. The van der Waals surface area contributed by atoms with Crippen LogP contribution < -0.4 is 5.32 Å². The largest absolute Gasteiger partial charge is 0.478 e. The van der Waals surface area contributed by atoms with E-state index in [1.54, 1.807) is 6.08 Å². The van der Waals surface area contributed by atoms with E-state index in [-0.39, 0.29) is 0 Å². The third-order valence-corrected chi connectivity index (χ3v) is 2.58. The molecule has 0 saturated heterocycles. The molecule has 17 heavy (non-hydrogen) atoms. The van der Waals surface area contributed by atoms with Gasteiger partial charge in [0.25, 0.3) is 0 Å². The van der Waals surface area contributed by atoms with Crippen molar-refractivity contribution in [2.24, 2.45) is 0 Å². The topological polar surface area (TPSA) is 49.3 Å². The molecule has 0 atom stereocenters. The summed E-state index contributed by atoms with van der Waals surface area (Å²) in [4.78, 5) is 10.7. The molecule has 0 radical (unpaired) electrons. The number of aliphatic carboxylic acids is 1. The van der Waals surface area contributed by atoms with Gasteiger partial charge in [0.1, 0.15) is 0 Å². The monoisotopic (exact) mass is 233 g/mol. The average molecular weight is 233 g/mol. The van der Waals surface area contributed by atoms with Crippen molar-refractivity contribution in [3.63, 3.8) is 0 Å². The van der Waals surface area contributed by atoms with E-state index in [2.05, 4.69) is 17.4 Å². The number of nitrogens with one attached hydrogen (secondary N) is 1. The molecule has 0 aliphatic carbocycles. The summed E-state index contributed by atoms with van der Waals surface area (Å²) in [7, 11) is 0. The number of rotatable bonds is 7.